The number of ether oxygens (including phenoxy) is 1. The first-order valence-electron chi connectivity index (χ1n) is 5.39. The zero-order valence-corrected chi connectivity index (χ0v) is 10.3. The minimum Gasteiger partial charge on any atom is -0.469 e. The van der Waals surface area contributed by atoms with Gasteiger partial charge in [0, 0.05) is 5.56 Å². The molecule has 0 aliphatic carbocycles. The van der Waals surface area contributed by atoms with Gasteiger partial charge >= 0.3 is 5.97 Å². The maximum Gasteiger partial charge on any atom is 0.309 e. The van der Waals surface area contributed by atoms with Crippen LogP contribution in [-0.4, -0.2) is 18.9 Å². The number of methoxy groups -OCH3 is 1. The summed E-state index contributed by atoms with van der Waals surface area (Å²) in [5.74, 6) is -0.241. The average Bonchev–Trinajstić information content (AvgIpc) is 2.30. The van der Waals surface area contributed by atoms with Crippen molar-refractivity contribution in [3.63, 3.8) is 0 Å². The fourth-order valence-electron chi connectivity index (χ4n) is 1.40. The minimum absolute atomic E-state index is 0.0348. The lowest BCUT2D eigenvalue weighted by Crippen LogP contribution is -1.97. The Balaban J connectivity index is 2.86. The number of carbonyl (C=O) groups is 2. The van der Waals surface area contributed by atoms with Crippen LogP contribution in [0, 0.1) is 6.92 Å². The van der Waals surface area contributed by atoms with Gasteiger partial charge in [0.15, 0.2) is 5.78 Å². The van der Waals surface area contributed by atoms with Gasteiger partial charge in [0.25, 0.3) is 0 Å². The molecule has 0 heterocycles. The summed E-state index contributed by atoms with van der Waals surface area (Å²) in [5, 5.41) is 0. The summed E-state index contributed by atoms with van der Waals surface area (Å²) in [4.78, 5) is 22.2. The number of hydrogen-bond acceptors (Lipinski definition) is 3. The molecule has 90 valence electrons. The first kappa shape index (κ1) is 13.2. The Bertz CT molecular complexity index is 459. The highest BCUT2D eigenvalue weighted by Crippen LogP contribution is 2.14. The summed E-state index contributed by atoms with van der Waals surface area (Å²) in [5.41, 5.74) is 2.69. The summed E-state index contributed by atoms with van der Waals surface area (Å²) < 4.78 is 4.54. The highest BCUT2D eigenvalue weighted by atomic mass is 16.5. The summed E-state index contributed by atoms with van der Waals surface area (Å²) in [6, 6.07) is 5.52. The highest BCUT2D eigenvalue weighted by Gasteiger charge is 2.02. The molecule has 1 aromatic carbocycles. The second-order valence-corrected chi connectivity index (χ2v) is 3.81. The van der Waals surface area contributed by atoms with Crippen LogP contribution in [0.5, 0.6) is 0 Å². The van der Waals surface area contributed by atoms with E-state index in [1.807, 2.05) is 25.1 Å². The van der Waals surface area contributed by atoms with E-state index in [4.69, 9.17) is 0 Å². The van der Waals surface area contributed by atoms with Gasteiger partial charge in [-0.1, -0.05) is 24.3 Å². The molecule has 17 heavy (non-hydrogen) atoms. The number of esters is 1. The van der Waals surface area contributed by atoms with Crippen molar-refractivity contribution >= 4 is 17.8 Å². The molecular weight excluding hydrogens is 216 g/mol. The molecule has 1 rings (SSSR count). The van der Waals surface area contributed by atoms with Crippen molar-refractivity contribution in [3.05, 3.63) is 41.0 Å². The van der Waals surface area contributed by atoms with Gasteiger partial charge in [-0.3, -0.25) is 9.59 Å². The van der Waals surface area contributed by atoms with Gasteiger partial charge in [-0.05, 0) is 31.0 Å². The van der Waals surface area contributed by atoms with Crippen molar-refractivity contribution in [2.24, 2.45) is 0 Å². The topological polar surface area (TPSA) is 43.4 Å². The molecule has 1 aromatic rings. The average molecular weight is 232 g/mol. The van der Waals surface area contributed by atoms with E-state index in [0.717, 1.165) is 11.1 Å². The molecule has 0 saturated carbocycles. The van der Waals surface area contributed by atoms with Crippen LogP contribution in [0.15, 0.2) is 24.3 Å². The molecule has 0 spiro atoms. The van der Waals surface area contributed by atoms with Crippen LogP contribution in [0.25, 0.3) is 6.08 Å². The second kappa shape index (κ2) is 5.99. The van der Waals surface area contributed by atoms with Gasteiger partial charge in [0.1, 0.15) is 0 Å². The monoisotopic (exact) mass is 232 g/mol. The number of benzene rings is 1. The second-order valence-electron chi connectivity index (χ2n) is 3.81. The van der Waals surface area contributed by atoms with Crippen LogP contribution in [0.2, 0.25) is 0 Å². The first-order chi connectivity index (χ1) is 8.04. The number of Topliss-reactive ketones (excluding diaryl/α,β-unsaturated/α-hetero) is 1. The number of rotatable bonds is 4. The molecule has 0 bridgehead atoms. The summed E-state index contributed by atoms with van der Waals surface area (Å²) in [7, 11) is 1.36. The van der Waals surface area contributed by atoms with Crippen LogP contribution in [0.4, 0.5) is 0 Å². The van der Waals surface area contributed by atoms with E-state index in [9.17, 15) is 9.59 Å². The Hall–Kier alpha value is -1.90. The third kappa shape index (κ3) is 3.87. The fourth-order valence-corrected chi connectivity index (χ4v) is 1.40. The van der Waals surface area contributed by atoms with E-state index in [0.29, 0.717) is 5.56 Å². The molecule has 3 nitrogen and oxygen atoms in total. The molecule has 0 radical (unpaired) electrons. The maximum absolute atomic E-state index is 11.2. The van der Waals surface area contributed by atoms with Crippen LogP contribution in [0.3, 0.4) is 0 Å². The Labute approximate surface area is 101 Å². The SMILES string of the molecule is COC(=O)CC=Cc1cc(C(C)=O)ccc1C. The van der Waals surface area contributed by atoms with Crippen molar-refractivity contribution in [2.75, 3.05) is 7.11 Å². The summed E-state index contributed by atoms with van der Waals surface area (Å²) in [6.45, 7) is 3.49. The summed E-state index contributed by atoms with van der Waals surface area (Å²) >= 11 is 0. The minimum atomic E-state index is -0.276. The van der Waals surface area contributed by atoms with E-state index in [-0.39, 0.29) is 18.2 Å². The third-order valence-corrected chi connectivity index (χ3v) is 2.50. The molecule has 0 aliphatic rings. The normalized spacial score (nSPS) is 10.5. The van der Waals surface area contributed by atoms with Crippen LogP contribution < -0.4 is 0 Å². The van der Waals surface area contributed by atoms with Crippen LogP contribution >= 0.6 is 0 Å². The largest absolute Gasteiger partial charge is 0.469 e. The van der Waals surface area contributed by atoms with Gasteiger partial charge in [-0.15, -0.1) is 0 Å². The van der Waals surface area contributed by atoms with Crippen molar-refractivity contribution in [3.8, 4) is 0 Å². The predicted octanol–water partition coefficient (Wildman–Crippen LogP) is 2.77. The summed E-state index contributed by atoms with van der Waals surface area (Å²) in [6.07, 6.45) is 3.80. The zero-order chi connectivity index (χ0) is 12.8. The Morgan fingerprint density at radius 1 is 1.35 bits per heavy atom. The van der Waals surface area contributed by atoms with Gasteiger partial charge in [-0.2, -0.15) is 0 Å². The lowest BCUT2D eigenvalue weighted by atomic mass is 10.0. The smallest absolute Gasteiger partial charge is 0.309 e. The Morgan fingerprint density at radius 3 is 2.65 bits per heavy atom. The van der Waals surface area contributed by atoms with Gasteiger partial charge in [0.05, 0.1) is 13.5 Å². The zero-order valence-electron chi connectivity index (χ0n) is 10.3. The Kier molecular flexibility index (Phi) is 4.64. The number of ketones is 1. The van der Waals surface area contributed by atoms with Crippen molar-refractivity contribution in [2.45, 2.75) is 20.3 Å². The van der Waals surface area contributed by atoms with Crippen LogP contribution in [0.1, 0.15) is 34.8 Å². The van der Waals surface area contributed by atoms with E-state index in [2.05, 4.69) is 4.74 Å². The van der Waals surface area contributed by atoms with Crippen molar-refractivity contribution in [1.82, 2.24) is 0 Å². The van der Waals surface area contributed by atoms with E-state index >= 15 is 0 Å². The molecule has 0 saturated heterocycles. The molecular formula is C14H16O3. The van der Waals surface area contributed by atoms with Crippen molar-refractivity contribution < 1.29 is 14.3 Å². The number of hydrogen-bond donors (Lipinski definition) is 0. The number of carbonyl (C=O) groups excluding carboxylic acids is 2. The quantitative estimate of drug-likeness (QED) is 0.592. The highest BCUT2D eigenvalue weighted by molar-refractivity contribution is 5.94. The molecule has 0 unspecified atom stereocenters. The Morgan fingerprint density at radius 2 is 2.06 bits per heavy atom. The number of aryl methyl sites for hydroxylation is 1. The molecule has 0 fully saturated rings. The van der Waals surface area contributed by atoms with Crippen molar-refractivity contribution in [1.29, 1.82) is 0 Å². The molecule has 0 atom stereocenters. The first-order valence-corrected chi connectivity index (χ1v) is 5.39. The molecule has 0 amide bonds. The molecule has 0 aliphatic heterocycles. The van der Waals surface area contributed by atoms with E-state index in [1.54, 1.807) is 12.1 Å². The van der Waals surface area contributed by atoms with E-state index in [1.165, 1.54) is 14.0 Å². The molecule has 0 N–H and O–H groups in total. The third-order valence-electron chi connectivity index (χ3n) is 2.50. The van der Waals surface area contributed by atoms with E-state index < -0.39 is 0 Å². The van der Waals surface area contributed by atoms with Gasteiger partial charge in [0.2, 0.25) is 0 Å². The standard InChI is InChI=1S/C14H16O3/c1-10-7-8-13(11(2)15)9-12(10)5-4-6-14(16)17-3/h4-5,7-9H,6H2,1-3H3. The predicted molar refractivity (Wildman–Crippen MR) is 66.9 cm³/mol. The lowest BCUT2D eigenvalue weighted by Gasteiger charge is -2.02. The van der Waals surface area contributed by atoms with Gasteiger partial charge in [-0.25, -0.2) is 0 Å². The lowest BCUT2D eigenvalue weighted by molar-refractivity contribution is -0.139. The fraction of sp³-hybridized carbons (Fsp3) is 0.286. The maximum atomic E-state index is 11.2. The van der Waals surface area contributed by atoms with Gasteiger partial charge < -0.3 is 4.74 Å². The molecule has 0 aromatic heterocycles. The van der Waals surface area contributed by atoms with Crippen LogP contribution in [-0.2, 0) is 9.53 Å². The molecule has 3 heteroatoms.